The number of rotatable bonds is 4. The van der Waals surface area contributed by atoms with Gasteiger partial charge >= 0.3 is 0 Å². The van der Waals surface area contributed by atoms with E-state index in [1.54, 1.807) is 31.3 Å². The fourth-order valence-electron chi connectivity index (χ4n) is 3.40. The van der Waals surface area contributed by atoms with Crippen molar-refractivity contribution in [2.75, 3.05) is 13.6 Å². The Morgan fingerprint density at radius 2 is 2.08 bits per heavy atom. The van der Waals surface area contributed by atoms with Crippen molar-refractivity contribution in [2.45, 2.75) is 30.3 Å². The fraction of sp³-hybridized carbons (Fsp3) is 0.353. The molecule has 2 aromatic heterocycles. The molecule has 2 unspecified atom stereocenters. The third-order valence-corrected chi connectivity index (χ3v) is 6.14. The minimum absolute atomic E-state index is 0.102. The topological polar surface area (TPSA) is 101 Å². The van der Waals surface area contributed by atoms with E-state index >= 15 is 0 Å². The Morgan fingerprint density at radius 1 is 1.27 bits per heavy atom. The number of hydrogen-bond donors (Lipinski definition) is 1. The predicted molar refractivity (Wildman–Crippen MR) is 94.9 cm³/mol. The van der Waals surface area contributed by atoms with Crippen LogP contribution in [0.15, 0.2) is 45.9 Å². The van der Waals surface area contributed by atoms with Crippen LogP contribution >= 0.6 is 0 Å². The van der Waals surface area contributed by atoms with Crippen LogP contribution in [0.1, 0.15) is 24.2 Å². The number of sulfonamides is 1. The summed E-state index contributed by atoms with van der Waals surface area (Å²) in [6.45, 7) is 2.32. The van der Waals surface area contributed by atoms with Crippen LogP contribution in [0.3, 0.4) is 0 Å². The van der Waals surface area contributed by atoms with E-state index in [9.17, 15) is 8.42 Å². The molecular weight excluding hydrogens is 354 g/mol. The van der Waals surface area contributed by atoms with Gasteiger partial charge in [0.2, 0.25) is 15.9 Å². The zero-order valence-corrected chi connectivity index (χ0v) is 15.3. The van der Waals surface area contributed by atoms with E-state index in [0.29, 0.717) is 30.2 Å². The highest BCUT2D eigenvalue weighted by Crippen LogP contribution is 2.30. The molecule has 26 heavy (non-hydrogen) atoms. The van der Waals surface area contributed by atoms with Crippen LogP contribution in [0.5, 0.6) is 0 Å². The van der Waals surface area contributed by atoms with E-state index in [1.807, 2.05) is 24.1 Å². The maximum Gasteiger partial charge on any atom is 0.244 e. The van der Waals surface area contributed by atoms with Gasteiger partial charge in [-0.1, -0.05) is 23.4 Å². The maximum atomic E-state index is 12.9. The first kappa shape index (κ1) is 17.1. The van der Waals surface area contributed by atoms with Crippen LogP contribution in [0.2, 0.25) is 0 Å². The molecule has 136 valence electrons. The van der Waals surface area contributed by atoms with Crippen molar-refractivity contribution in [2.24, 2.45) is 0 Å². The highest BCUT2D eigenvalue weighted by atomic mass is 32.2. The van der Waals surface area contributed by atoms with Gasteiger partial charge in [-0.05, 0) is 32.5 Å². The van der Waals surface area contributed by atoms with Gasteiger partial charge in [-0.25, -0.2) is 13.1 Å². The minimum Gasteiger partial charge on any atom is -0.338 e. The van der Waals surface area contributed by atoms with Crippen molar-refractivity contribution in [1.29, 1.82) is 0 Å². The summed E-state index contributed by atoms with van der Waals surface area (Å²) >= 11 is 0. The van der Waals surface area contributed by atoms with Crippen molar-refractivity contribution >= 4 is 20.9 Å². The number of likely N-dealkylation sites (N-methyl/N-ethyl adjacent to an activating group) is 1. The summed E-state index contributed by atoms with van der Waals surface area (Å²) in [6, 6.07) is 8.43. The molecule has 0 bridgehead atoms. The Kier molecular flexibility index (Phi) is 4.22. The standard InChI is InChI=1S/C17H19N5O3S/c1-11-19-17(25-20-11)14-9-13(10-22(14)2)21-26(23,24)15-7-3-5-12-6-4-8-18-16(12)15/h3-8,13-14,21H,9-10H2,1-2H3. The van der Waals surface area contributed by atoms with Gasteiger partial charge in [0.25, 0.3) is 0 Å². The maximum absolute atomic E-state index is 12.9. The van der Waals surface area contributed by atoms with Crippen LogP contribution in [0, 0.1) is 6.92 Å². The summed E-state index contributed by atoms with van der Waals surface area (Å²) in [7, 11) is -1.79. The molecule has 1 aliphatic rings. The number of aromatic nitrogens is 3. The van der Waals surface area contributed by atoms with Gasteiger partial charge in [0, 0.05) is 24.2 Å². The Hall–Kier alpha value is -2.36. The average Bonchev–Trinajstić information content (AvgIpc) is 3.19. The molecule has 9 heteroatoms. The van der Waals surface area contributed by atoms with Gasteiger partial charge < -0.3 is 4.52 Å². The smallest absolute Gasteiger partial charge is 0.244 e. The largest absolute Gasteiger partial charge is 0.338 e. The number of benzene rings is 1. The molecule has 3 heterocycles. The lowest BCUT2D eigenvalue weighted by atomic mass is 10.2. The van der Waals surface area contributed by atoms with Gasteiger partial charge in [0.05, 0.1) is 11.6 Å². The number of likely N-dealkylation sites (tertiary alicyclic amines) is 1. The molecule has 3 aromatic rings. The Labute approximate surface area is 151 Å². The van der Waals surface area contributed by atoms with E-state index in [4.69, 9.17) is 4.52 Å². The minimum atomic E-state index is -3.70. The highest BCUT2D eigenvalue weighted by molar-refractivity contribution is 7.89. The number of para-hydroxylation sites is 1. The Morgan fingerprint density at radius 3 is 2.85 bits per heavy atom. The average molecular weight is 373 g/mol. The number of nitrogens with one attached hydrogen (secondary N) is 1. The number of aryl methyl sites for hydroxylation is 1. The van der Waals surface area contributed by atoms with E-state index in [-0.39, 0.29) is 17.0 Å². The number of pyridine rings is 1. The third-order valence-electron chi connectivity index (χ3n) is 4.58. The second-order valence-electron chi connectivity index (χ2n) is 6.52. The molecular formula is C17H19N5O3S. The van der Waals surface area contributed by atoms with Crippen LogP contribution in [-0.4, -0.2) is 48.1 Å². The molecule has 0 radical (unpaired) electrons. The lowest BCUT2D eigenvalue weighted by Crippen LogP contribution is -2.36. The molecule has 1 aromatic carbocycles. The Bertz CT molecular complexity index is 1040. The van der Waals surface area contributed by atoms with Crippen molar-refractivity contribution in [3.05, 3.63) is 48.2 Å². The lowest BCUT2D eigenvalue weighted by Gasteiger charge is -2.14. The number of hydrogen-bond acceptors (Lipinski definition) is 7. The van der Waals surface area contributed by atoms with E-state index in [2.05, 4.69) is 19.8 Å². The van der Waals surface area contributed by atoms with E-state index < -0.39 is 10.0 Å². The molecule has 0 amide bonds. The molecule has 0 saturated carbocycles. The van der Waals surface area contributed by atoms with E-state index in [0.717, 1.165) is 5.39 Å². The Balaban J connectivity index is 1.58. The van der Waals surface area contributed by atoms with Gasteiger partial charge in [-0.2, -0.15) is 4.98 Å². The summed E-state index contributed by atoms with van der Waals surface area (Å²) in [5, 5.41) is 4.61. The molecule has 1 saturated heterocycles. The summed E-state index contributed by atoms with van der Waals surface area (Å²) in [5.41, 5.74) is 0.470. The third kappa shape index (κ3) is 3.09. The molecule has 8 nitrogen and oxygen atoms in total. The normalized spacial score (nSPS) is 21.5. The van der Waals surface area contributed by atoms with Crippen molar-refractivity contribution in [1.82, 2.24) is 24.7 Å². The van der Waals surface area contributed by atoms with Crippen LogP contribution in [-0.2, 0) is 10.0 Å². The summed E-state index contributed by atoms with van der Waals surface area (Å²) in [6.07, 6.45) is 2.16. The summed E-state index contributed by atoms with van der Waals surface area (Å²) in [5.74, 6) is 1.08. The van der Waals surface area contributed by atoms with Gasteiger partial charge in [0.15, 0.2) is 5.82 Å². The van der Waals surface area contributed by atoms with Gasteiger partial charge in [0.1, 0.15) is 4.90 Å². The first-order valence-electron chi connectivity index (χ1n) is 8.30. The number of nitrogens with zero attached hydrogens (tertiary/aromatic N) is 4. The van der Waals surface area contributed by atoms with Crippen molar-refractivity contribution < 1.29 is 12.9 Å². The van der Waals surface area contributed by atoms with Crippen molar-refractivity contribution in [3.63, 3.8) is 0 Å². The molecule has 0 aliphatic carbocycles. The highest BCUT2D eigenvalue weighted by Gasteiger charge is 2.36. The number of fused-ring (bicyclic) bond motifs is 1. The van der Waals surface area contributed by atoms with Gasteiger partial charge in [-0.3, -0.25) is 9.88 Å². The van der Waals surface area contributed by atoms with Gasteiger partial charge in [-0.15, -0.1) is 0 Å². The second-order valence-corrected chi connectivity index (χ2v) is 8.20. The van der Waals surface area contributed by atoms with Crippen molar-refractivity contribution in [3.8, 4) is 0 Å². The quantitative estimate of drug-likeness (QED) is 0.742. The fourth-order valence-corrected chi connectivity index (χ4v) is 4.82. The molecule has 1 N–H and O–H groups in total. The second kappa shape index (κ2) is 6.42. The first-order chi connectivity index (χ1) is 12.4. The molecule has 1 aliphatic heterocycles. The van der Waals surface area contributed by atoms with Crippen LogP contribution < -0.4 is 4.72 Å². The monoisotopic (exact) mass is 373 g/mol. The molecule has 2 atom stereocenters. The molecule has 1 fully saturated rings. The SMILES string of the molecule is Cc1noc(C2CC(NS(=O)(=O)c3cccc4cccnc34)CN2C)n1. The van der Waals surface area contributed by atoms with E-state index in [1.165, 1.54) is 0 Å². The zero-order chi connectivity index (χ0) is 18.3. The molecule has 4 rings (SSSR count). The van der Waals surface area contributed by atoms with Crippen LogP contribution in [0.4, 0.5) is 0 Å². The lowest BCUT2D eigenvalue weighted by molar-refractivity contribution is 0.244. The summed E-state index contributed by atoms with van der Waals surface area (Å²) < 4.78 is 33.9. The first-order valence-corrected chi connectivity index (χ1v) is 9.79. The zero-order valence-electron chi connectivity index (χ0n) is 14.5. The molecule has 0 spiro atoms. The predicted octanol–water partition coefficient (Wildman–Crippen LogP) is 1.65. The summed E-state index contributed by atoms with van der Waals surface area (Å²) in [4.78, 5) is 10.7. The van der Waals surface area contributed by atoms with Crippen LogP contribution in [0.25, 0.3) is 10.9 Å².